The average molecular weight is 516 g/mol. The first-order valence-corrected chi connectivity index (χ1v) is 12.9. The lowest BCUT2D eigenvalue weighted by Crippen LogP contribution is -2.48. The molecule has 0 aliphatic carbocycles. The molecule has 3 N–H and O–H groups in total. The van der Waals surface area contributed by atoms with E-state index in [-0.39, 0.29) is 16.9 Å². The van der Waals surface area contributed by atoms with E-state index in [0.29, 0.717) is 59.2 Å². The van der Waals surface area contributed by atoms with Gasteiger partial charge in [0.2, 0.25) is 4.34 Å². The van der Waals surface area contributed by atoms with Gasteiger partial charge in [-0.3, -0.25) is 10.2 Å². The van der Waals surface area contributed by atoms with E-state index >= 15 is 0 Å². The summed E-state index contributed by atoms with van der Waals surface area (Å²) in [5.74, 6) is 0.319. The molecule has 0 unspecified atom stereocenters. The van der Waals surface area contributed by atoms with Crippen LogP contribution in [0.4, 0.5) is 0 Å². The summed E-state index contributed by atoms with van der Waals surface area (Å²) in [6.45, 7) is 2.59. The van der Waals surface area contributed by atoms with Crippen molar-refractivity contribution in [2.24, 2.45) is 5.14 Å². The van der Waals surface area contributed by atoms with Crippen molar-refractivity contribution in [2.75, 3.05) is 26.3 Å². The third-order valence-corrected chi connectivity index (χ3v) is 7.49. The van der Waals surface area contributed by atoms with E-state index in [9.17, 15) is 13.2 Å². The predicted molar refractivity (Wildman–Crippen MR) is 127 cm³/mol. The summed E-state index contributed by atoms with van der Waals surface area (Å²) in [5, 5.41) is 15.3. The standard InChI is InChI=1S/C21H21N7O5S2/c22-35(30,31)21-23-18-5-4-17(11-19(18)34-21)33-13-15-12-28(26-24-15)16-3-1-2-14(10-16)20(29)25-27-6-8-32-9-7-27/h1-5,10-12H,6-9,13H2,(H,25,29)(H2,22,30,31). The first-order valence-electron chi connectivity index (χ1n) is 10.6. The topological polar surface area (TPSA) is 155 Å². The van der Waals surface area contributed by atoms with E-state index < -0.39 is 10.0 Å². The Labute approximate surface area is 204 Å². The SMILES string of the molecule is NS(=O)(=O)c1nc2ccc(OCc3cn(-c4cccc(C(=O)NN5CCOCC5)c4)nn3)cc2s1. The first-order chi connectivity index (χ1) is 16.8. The summed E-state index contributed by atoms with van der Waals surface area (Å²) in [5.41, 5.74) is 5.16. The molecule has 0 spiro atoms. The van der Waals surface area contributed by atoms with Crippen LogP contribution < -0.4 is 15.3 Å². The zero-order valence-corrected chi connectivity index (χ0v) is 20.0. The fourth-order valence-corrected chi connectivity index (χ4v) is 5.10. The van der Waals surface area contributed by atoms with E-state index in [0.717, 1.165) is 11.3 Å². The minimum absolute atomic E-state index is 0.142. The van der Waals surface area contributed by atoms with Crippen LogP contribution in [0.2, 0.25) is 0 Å². The lowest BCUT2D eigenvalue weighted by Gasteiger charge is -2.26. The Hall–Kier alpha value is -3.43. The van der Waals surface area contributed by atoms with Gasteiger partial charge in [0, 0.05) is 18.7 Å². The Morgan fingerprint density at radius 1 is 1.20 bits per heavy atom. The second kappa shape index (κ2) is 9.67. The van der Waals surface area contributed by atoms with Crippen molar-refractivity contribution in [1.82, 2.24) is 30.4 Å². The molecule has 3 heterocycles. The number of hydrazine groups is 1. The molecule has 1 fully saturated rings. The third kappa shape index (κ3) is 5.47. The number of ether oxygens (including phenoxy) is 2. The van der Waals surface area contributed by atoms with Gasteiger partial charge in [-0.1, -0.05) is 11.3 Å². The molecule has 0 bridgehead atoms. The molecule has 2 aromatic carbocycles. The zero-order valence-electron chi connectivity index (χ0n) is 18.3. The fourth-order valence-electron chi connectivity index (χ4n) is 3.42. The number of hydrogen-bond donors (Lipinski definition) is 2. The van der Waals surface area contributed by atoms with E-state index in [1.165, 1.54) is 0 Å². The van der Waals surface area contributed by atoms with Crippen LogP contribution in [0.3, 0.4) is 0 Å². The molecule has 1 aliphatic heterocycles. The largest absolute Gasteiger partial charge is 0.487 e. The van der Waals surface area contributed by atoms with Gasteiger partial charge in [0.1, 0.15) is 18.1 Å². The number of nitrogens with zero attached hydrogens (tertiary/aromatic N) is 5. The van der Waals surface area contributed by atoms with Crippen LogP contribution in [-0.4, -0.2) is 65.6 Å². The van der Waals surface area contributed by atoms with Gasteiger partial charge in [0.15, 0.2) is 0 Å². The number of aromatic nitrogens is 4. The number of carbonyl (C=O) groups is 1. The molecule has 2 aromatic heterocycles. The predicted octanol–water partition coefficient (Wildman–Crippen LogP) is 1.08. The molecule has 35 heavy (non-hydrogen) atoms. The van der Waals surface area contributed by atoms with Crippen molar-refractivity contribution in [3.63, 3.8) is 0 Å². The summed E-state index contributed by atoms with van der Waals surface area (Å²) >= 11 is 0.978. The Bertz CT molecular complexity index is 1480. The van der Waals surface area contributed by atoms with Gasteiger partial charge >= 0.3 is 0 Å². The molecule has 14 heteroatoms. The number of morpholine rings is 1. The van der Waals surface area contributed by atoms with Crippen molar-refractivity contribution in [3.05, 3.63) is 59.9 Å². The number of primary sulfonamides is 1. The van der Waals surface area contributed by atoms with Crippen LogP contribution in [0.1, 0.15) is 16.1 Å². The van der Waals surface area contributed by atoms with E-state index in [4.69, 9.17) is 14.6 Å². The molecule has 0 radical (unpaired) electrons. The average Bonchev–Trinajstić information content (AvgIpc) is 3.50. The van der Waals surface area contributed by atoms with Crippen molar-refractivity contribution < 1.29 is 22.7 Å². The Kier molecular flexibility index (Phi) is 6.44. The molecule has 0 saturated carbocycles. The van der Waals surface area contributed by atoms with E-state index in [1.807, 2.05) is 11.1 Å². The van der Waals surface area contributed by atoms with Crippen molar-refractivity contribution >= 4 is 37.5 Å². The molecule has 12 nitrogen and oxygen atoms in total. The zero-order chi connectivity index (χ0) is 24.4. The smallest absolute Gasteiger partial charge is 0.265 e. The number of thiazole rings is 1. The monoisotopic (exact) mass is 515 g/mol. The maximum Gasteiger partial charge on any atom is 0.265 e. The highest BCUT2D eigenvalue weighted by Gasteiger charge is 2.16. The summed E-state index contributed by atoms with van der Waals surface area (Å²) in [6, 6.07) is 12.1. The number of carbonyl (C=O) groups excluding carboxylic acids is 1. The van der Waals surface area contributed by atoms with Crippen LogP contribution in [0.25, 0.3) is 15.9 Å². The molecule has 5 rings (SSSR count). The van der Waals surface area contributed by atoms with Crippen LogP contribution >= 0.6 is 11.3 Å². The van der Waals surface area contributed by atoms with Crippen LogP contribution in [0.15, 0.2) is 53.0 Å². The summed E-state index contributed by atoms with van der Waals surface area (Å²) in [6.07, 6.45) is 1.71. The molecule has 1 amide bonds. The summed E-state index contributed by atoms with van der Waals surface area (Å²) in [4.78, 5) is 16.6. The Morgan fingerprint density at radius 2 is 2.03 bits per heavy atom. The Morgan fingerprint density at radius 3 is 2.83 bits per heavy atom. The van der Waals surface area contributed by atoms with Crippen molar-refractivity contribution in [2.45, 2.75) is 10.9 Å². The van der Waals surface area contributed by atoms with E-state index in [2.05, 4.69) is 20.7 Å². The lowest BCUT2D eigenvalue weighted by atomic mass is 10.2. The number of hydrogen-bond acceptors (Lipinski definition) is 10. The number of sulfonamides is 1. The fraction of sp³-hybridized carbons (Fsp3) is 0.238. The first kappa shape index (κ1) is 23.3. The number of benzene rings is 2. The second-order valence-corrected chi connectivity index (χ2v) is 10.5. The Balaban J connectivity index is 1.25. The second-order valence-electron chi connectivity index (χ2n) is 7.69. The molecule has 1 saturated heterocycles. The van der Waals surface area contributed by atoms with Crippen LogP contribution in [0.5, 0.6) is 5.75 Å². The lowest BCUT2D eigenvalue weighted by molar-refractivity contribution is 0.0126. The van der Waals surface area contributed by atoms with Gasteiger partial charge in [0.25, 0.3) is 15.9 Å². The van der Waals surface area contributed by atoms with E-state index in [1.54, 1.807) is 47.3 Å². The van der Waals surface area contributed by atoms with Crippen LogP contribution in [-0.2, 0) is 21.4 Å². The number of amides is 1. The number of rotatable bonds is 7. The van der Waals surface area contributed by atoms with Crippen LogP contribution in [0, 0.1) is 0 Å². The highest BCUT2D eigenvalue weighted by molar-refractivity contribution is 7.91. The van der Waals surface area contributed by atoms with Crippen molar-refractivity contribution in [3.8, 4) is 11.4 Å². The number of nitrogens with one attached hydrogen (secondary N) is 1. The van der Waals surface area contributed by atoms with Crippen molar-refractivity contribution in [1.29, 1.82) is 0 Å². The molecule has 0 atom stereocenters. The van der Waals surface area contributed by atoms with Gasteiger partial charge in [-0.15, -0.1) is 16.4 Å². The molecule has 4 aromatic rings. The maximum atomic E-state index is 12.6. The molecule has 182 valence electrons. The minimum Gasteiger partial charge on any atom is -0.487 e. The summed E-state index contributed by atoms with van der Waals surface area (Å²) in [7, 11) is -3.86. The van der Waals surface area contributed by atoms with Gasteiger partial charge in [0.05, 0.1) is 35.3 Å². The summed E-state index contributed by atoms with van der Waals surface area (Å²) < 4.78 is 36.2. The minimum atomic E-state index is -3.86. The molecular formula is C21H21N7O5S2. The van der Waals surface area contributed by atoms with Gasteiger partial charge in [-0.25, -0.2) is 28.2 Å². The third-order valence-electron chi connectivity index (χ3n) is 5.15. The molecular weight excluding hydrogens is 494 g/mol. The quantitative estimate of drug-likeness (QED) is 0.368. The number of nitrogens with two attached hydrogens (primary N) is 1. The maximum absolute atomic E-state index is 12.6. The van der Waals surface area contributed by atoms with Gasteiger partial charge in [-0.05, 0) is 36.4 Å². The number of fused-ring (bicyclic) bond motifs is 1. The van der Waals surface area contributed by atoms with Gasteiger partial charge in [-0.2, -0.15) is 0 Å². The normalized spacial score (nSPS) is 14.8. The highest BCUT2D eigenvalue weighted by Crippen LogP contribution is 2.28. The van der Waals surface area contributed by atoms with Gasteiger partial charge < -0.3 is 9.47 Å². The molecule has 1 aliphatic rings. The highest BCUT2D eigenvalue weighted by atomic mass is 32.2.